The summed E-state index contributed by atoms with van der Waals surface area (Å²) in [5.74, 6) is 0. The smallest absolute Gasteiger partial charge is 0.297 e. The number of aryl methyl sites for hydroxylation is 3. The van der Waals surface area contributed by atoms with Crippen LogP contribution >= 0.6 is 0 Å². The van der Waals surface area contributed by atoms with Crippen molar-refractivity contribution in [2.45, 2.75) is 43.4 Å². The summed E-state index contributed by atoms with van der Waals surface area (Å²) < 4.78 is 13.5. The quantitative estimate of drug-likeness (QED) is 0.210. The maximum Gasteiger partial charge on any atom is 0.328 e. The van der Waals surface area contributed by atoms with E-state index in [4.69, 9.17) is 0 Å². The van der Waals surface area contributed by atoms with Crippen molar-refractivity contribution in [2.24, 2.45) is 0 Å². The molecule has 43 heavy (non-hydrogen) atoms. The number of benzene rings is 4. The molecular weight excluding hydrogens is 556 g/mol. The predicted octanol–water partition coefficient (Wildman–Crippen LogP) is 7.67. The summed E-state index contributed by atoms with van der Waals surface area (Å²) in [5.41, 5.74) is 6.10. The second kappa shape index (κ2) is 13.7. The summed E-state index contributed by atoms with van der Waals surface area (Å²) in [6.07, 6.45) is 1.64. The van der Waals surface area contributed by atoms with Gasteiger partial charge in [-0.2, -0.15) is 0 Å². The van der Waals surface area contributed by atoms with Gasteiger partial charge in [0.1, 0.15) is 0 Å². The van der Waals surface area contributed by atoms with Crippen molar-refractivity contribution in [1.29, 1.82) is 0 Å². The Morgan fingerprint density at radius 2 is 1.14 bits per heavy atom. The average Bonchev–Trinajstić information content (AvgIpc) is 3.05. The summed E-state index contributed by atoms with van der Waals surface area (Å²) in [5, 5.41) is 0. The molecule has 0 aliphatic carbocycles. The summed E-state index contributed by atoms with van der Waals surface area (Å²) >= 11 is 0. The molecule has 4 rings (SSSR count). The monoisotopic (exact) mass is 596 g/mol. The topological polar surface area (TPSA) is 64.2 Å². The molecule has 7 nitrogen and oxygen atoms in total. The highest BCUT2D eigenvalue weighted by Crippen LogP contribution is 2.31. The van der Waals surface area contributed by atoms with Crippen LogP contribution < -0.4 is 19.6 Å². The van der Waals surface area contributed by atoms with Crippen LogP contribution in [-0.4, -0.2) is 44.5 Å². The Labute approximate surface area is 257 Å². The van der Waals surface area contributed by atoms with Crippen LogP contribution in [0.15, 0.2) is 101 Å². The standard InChI is InChI=1S/C35H40N4O3S/c1-8-26-14-12-15-27(9-2)33(26)39(7)35(41)37(5)29-17-13-16-28(24-29)36(4)34(40)38(6)31-18-10-11-19-32(31)43(42)30-22-20-25(3)21-23-30/h10-24H,8-9H2,1-7H3. The lowest BCUT2D eigenvalue weighted by Crippen LogP contribution is -2.40. The summed E-state index contributed by atoms with van der Waals surface area (Å²) in [6, 6.07) is 27.8. The molecule has 8 heteroatoms. The van der Waals surface area contributed by atoms with Crippen molar-refractivity contribution in [3.8, 4) is 0 Å². The van der Waals surface area contributed by atoms with Gasteiger partial charge in [0, 0.05) is 44.5 Å². The fourth-order valence-electron chi connectivity index (χ4n) is 5.11. The number of nitrogens with zero attached hydrogens (tertiary/aromatic N) is 4. The maximum atomic E-state index is 13.7. The lowest BCUT2D eigenvalue weighted by Gasteiger charge is -2.30. The van der Waals surface area contributed by atoms with Crippen LogP contribution in [-0.2, 0) is 23.6 Å². The third kappa shape index (κ3) is 6.65. The van der Waals surface area contributed by atoms with Gasteiger partial charge in [0.25, 0.3) is 0 Å². The zero-order chi connectivity index (χ0) is 31.3. The first-order valence-electron chi connectivity index (χ1n) is 14.4. The van der Waals surface area contributed by atoms with Crippen LogP contribution in [0.3, 0.4) is 0 Å². The van der Waals surface area contributed by atoms with Crippen molar-refractivity contribution in [3.63, 3.8) is 0 Å². The van der Waals surface area contributed by atoms with Gasteiger partial charge in [-0.3, -0.25) is 19.6 Å². The van der Waals surface area contributed by atoms with Crippen molar-refractivity contribution in [3.05, 3.63) is 108 Å². The summed E-state index contributed by atoms with van der Waals surface area (Å²) in [4.78, 5) is 34.9. The minimum Gasteiger partial charge on any atom is -0.297 e. The molecule has 0 aliphatic rings. The fraction of sp³-hybridized carbons (Fsp3) is 0.257. The van der Waals surface area contributed by atoms with Crippen molar-refractivity contribution in [2.75, 3.05) is 47.8 Å². The molecule has 0 aliphatic heterocycles. The molecular formula is C35H40N4O3S. The lowest BCUT2D eigenvalue weighted by molar-refractivity contribution is 0.253. The second-order valence-corrected chi connectivity index (χ2v) is 12.0. The Balaban J connectivity index is 1.57. The molecule has 1 atom stereocenters. The molecule has 0 radical (unpaired) electrons. The first kappa shape index (κ1) is 31.5. The molecule has 0 spiro atoms. The third-order valence-corrected chi connectivity index (χ3v) is 9.16. The highest BCUT2D eigenvalue weighted by atomic mass is 32.2. The van der Waals surface area contributed by atoms with E-state index in [-0.39, 0.29) is 12.1 Å². The van der Waals surface area contributed by atoms with E-state index < -0.39 is 10.8 Å². The number of amides is 4. The predicted molar refractivity (Wildman–Crippen MR) is 178 cm³/mol. The van der Waals surface area contributed by atoms with Gasteiger partial charge in [-0.15, -0.1) is 0 Å². The molecule has 0 saturated heterocycles. The Morgan fingerprint density at radius 1 is 0.628 bits per heavy atom. The largest absolute Gasteiger partial charge is 0.328 e. The number of rotatable bonds is 8. The molecule has 4 amide bonds. The van der Waals surface area contributed by atoms with E-state index in [0.29, 0.717) is 26.9 Å². The summed E-state index contributed by atoms with van der Waals surface area (Å²) in [7, 11) is 5.45. The molecule has 0 fully saturated rings. The van der Waals surface area contributed by atoms with Gasteiger partial charge in [0.05, 0.1) is 27.1 Å². The minimum absolute atomic E-state index is 0.175. The minimum atomic E-state index is -1.46. The molecule has 224 valence electrons. The first-order chi connectivity index (χ1) is 20.6. The molecule has 0 saturated carbocycles. The van der Waals surface area contributed by atoms with Crippen molar-refractivity contribution >= 4 is 45.6 Å². The van der Waals surface area contributed by atoms with Crippen molar-refractivity contribution in [1.82, 2.24) is 0 Å². The van der Waals surface area contributed by atoms with Crippen LogP contribution in [0, 0.1) is 6.92 Å². The molecule has 0 heterocycles. The van der Waals surface area contributed by atoms with Crippen molar-refractivity contribution < 1.29 is 13.8 Å². The van der Waals surface area contributed by atoms with Gasteiger partial charge in [-0.25, -0.2) is 13.8 Å². The second-order valence-electron chi connectivity index (χ2n) is 10.5. The average molecular weight is 597 g/mol. The zero-order valence-corrected chi connectivity index (χ0v) is 26.8. The third-order valence-electron chi connectivity index (χ3n) is 7.71. The molecule has 4 aromatic rings. The lowest BCUT2D eigenvalue weighted by atomic mass is 10.0. The molecule has 0 bridgehead atoms. The Morgan fingerprint density at radius 3 is 1.70 bits per heavy atom. The fourth-order valence-corrected chi connectivity index (χ4v) is 6.34. The van der Waals surface area contributed by atoms with Crippen LogP contribution in [0.5, 0.6) is 0 Å². The number of carbonyl (C=O) groups excluding carboxylic acids is 2. The van der Waals surface area contributed by atoms with Crippen LogP contribution in [0.25, 0.3) is 0 Å². The van der Waals surface area contributed by atoms with Gasteiger partial charge in [-0.05, 0) is 73.4 Å². The number of anilines is 4. The van der Waals surface area contributed by atoms with E-state index in [0.717, 1.165) is 35.2 Å². The summed E-state index contributed by atoms with van der Waals surface area (Å²) in [6.45, 7) is 6.16. The number of para-hydroxylation sites is 2. The number of urea groups is 2. The number of hydrogen-bond donors (Lipinski definition) is 0. The molecule has 4 aromatic carbocycles. The maximum absolute atomic E-state index is 13.7. The van der Waals surface area contributed by atoms with E-state index >= 15 is 0 Å². The SMILES string of the molecule is CCc1cccc(CC)c1N(C)C(=O)N(C)c1cccc(N(C)C(=O)N(C)c2ccccc2S(=O)c2ccc(C)cc2)c1. The number of hydrogen-bond acceptors (Lipinski definition) is 3. The molecule has 1 unspecified atom stereocenters. The van der Waals surface area contributed by atoms with Gasteiger partial charge in [-0.1, -0.05) is 67.9 Å². The van der Waals surface area contributed by atoms with Crippen LogP contribution in [0.2, 0.25) is 0 Å². The van der Waals surface area contributed by atoms with E-state index in [2.05, 4.69) is 26.0 Å². The van der Waals surface area contributed by atoms with E-state index in [9.17, 15) is 13.8 Å². The first-order valence-corrected chi connectivity index (χ1v) is 15.5. The van der Waals surface area contributed by atoms with Gasteiger partial charge in [0.15, 0.2) is 0 Å². The van der Waals surface area contributed by atoms with Gasteiger partial charge < -0.3 is 0 Å². The van der Waals surface area contributed by atoms with Gasteiger partial charge in [0.2, 0.25) is 0 Å². The highest BCUT2D eigenvalue weighted by molar-refractivity contribution is 7.85. The molecule has 0 N–H and O–H groups in total. The van der Waals surface area contributed by atoms with Crippen LogP contribution in [0.1, 0.15) is 30.5 Å². The van der Waals surface area contributed by atoms with E-state index in [1.165, 1.54) is 9.80 Å². The van der Waals surface area contributed by atoms with E-state index in [1.54, 1.807) is 50.1 Å². The Kier molecular flexibility index (Phi) is 10.0. The van der Waals surface area contributed by atoms with Crippen LogP contribution in [0.4, 0.5) is 32.3 Å². The Bertz CT molecular complexity index is 1610. The van der Waals surface area contributed by atoms with E-state index in [1.807, 2.05) is 73.7 Å². The van der Waals surface area contributed by atoms with Gasteiger partial charge >= 0.3 is 12.1 Å². The number of carbonyl (C=O) groups is 2. The zero-order valence-electron chi connectivity index (χ0n) is 26.0. The Hall–Kier alpha value is -4.43. The highest BCUT2D eigenvalue weighted by Gasteiger charge is 2.24. The normalized spacial score (nSPS) is 11.5. The molecule has 0 aromatic heterocycles.